The first-order chi connectivity index (χ1) is 14.7. The van der Waals surface area contributed by atoms with E-state index < -0.39 is 17.9 Å². The van der Waals surface area contributed by atoms with Gasteiger partial charge in [-0.1, -0.05) is 49.2 Å². The van der Waals surface area contributed by atoms with E-state index in [-0.39, 0.29) is 11.5 Å². The highest BCUT2D eigenvalue weighted by atomic mass is 35.5. The number of nitrogens with one attached hydrogen (secondary N) is 2. The van der Waals surface area contributed by atoms with Gasteiger partial charge in [-0.15, -0.1) is 0 Å². The van der Waals surface area contributed by atoms with Crippen LogP contribution in [0, 0.1) is 5.92 Å². The van der Waals surface area contributed by atoms with Crippen LogP contribution in [0.1, 0.15) is 46.2 Å². The van der Waals surface area contributed by atoms with Crippen LogP contribution in [0.25, 0.3) is 0 Å². The van der Waals surface area contributed by atoms with Crippen molar-refractivity contribution in [2.45, 2.75) is 20.0 Å². The van der Waals surface area contributed by atoms with E-state index in [4.69, 9.17) is 23.2 Å². The van der Waals surface area contributed by atoms with Crippen molar-refractivity contribution in [2.24, 2.45) is 5.92 Å². The van der Waals surface area contributed by atoms with Gasteiger partial charge in [-0.2, -0.15) is 0 Å². The summed E-state index contributed by atoms with van der Waals surface area (Å²) >= 11 is 11.9. The molecule has 1 unspecified atom stereocenters. The third-order valence-corrected chi connectivity index (χ3v) is 5.05. The second-order valence-corrected chi connectivity index (χ2v) is 8.14. The molecule has 1 aromatic heterocycles. The van der Waals surface area contributed by atoms with E-state index >= 15 is 0 Å². The molecule has 0 spiro atoms. The molecule has 2 amide bonds. The van der Waals surface area contributed by atoms with Crippen LogP contribution in [-0.2, 0) is 0 Å². The first-order valence-electron chi connectivity index (χ1n) is 9.56. The van der Waals surface area contributed by atoms with Gasteiger partial charge in [0, 0.05) is 16.8 Å². The summed E-state index contributed by atoms with van der Waals surface area (Å²) in [6.07, 6.45) is 0.808. The molecule has 6 nitrogen and oxygen atoms in total. The number of aliphatic hydroxyl groups excluding tert-OH is 1. The average Bonchev–Trinajstić information content (AvgIpc) is 2.76. The third kappa shape index (κ3) is 5.82. The predicted octanol–water partition coefficient (Wildman–Crippen LogP) is 5.58. The molecular weight excluding hydrogens is 437 g/mol. The Morgan fingerprint density at radius 2 is 1.58 bits per heavy atom. The Morgan fingerprint density at radius 1 is 0.903 bits per heavy atom. The van der Waals surface area contributed by atoms with Gasteiger partial charge in [0.2, 0.25) is 0 Å². The number of rotatable bonds is 6. The van der Waals surface area contributed by atoms with Gasteiger partial charge in [0.15, 0.2) is 0 Å². The largest absolute Gasteiger partial charge is 0.388 e. The monoisotopic (exact) mass is 457 g/mol. The van der Waals surface area contributed by atoms with Crippen LogP contribution in [0.5, 0.6) is 0 Å². The molecular formula is C23H21Cl2N3O3. The van der Waals surface area contributed by atoms with Crippen molar-refractivity contribution in [3.05, 3.63) is 87.5 Å². The van der Waals surface area contributed by atoms with Gasteiger partial charge in [0.1, 0.15) is 5.82 Å². The number of benzene rings is 2. The van der Waals surface area contributed by atoms with Crippen molar-refractivity contribution in [1.82, 2.24) is 4.98 Å². The van der Waals surface area contributed by atoms with Crippen molar-refractivity contribution in [1.29, 1.82) is 0 Å². The molecule has 8 heteroatoms. The van der Waals surface area contributed by atoms with E-state index in [1.165, 1.54) is 12.3 Å². The number of pyridine rings is 1. The Morgan fingerprint density at radius 3 is 2.19 bits per heavy atom. The average molecular weight is 458 g/mol. The van der Waals surface area contributed by atoms with Gasteiger partial charge in [0.25, 0.3) is 11.8 Å². The zero-order chi connectivity index (χ0) is 22.5. The number of halogens is 2. The molecule has 0 saturated carbocycles. The lowest BCUT2D eigenvalue weighted by molar-refractivity contribution is 0.102. The second-order valence-electron chi connectivity index (χ2n) is 7.27. The van der Waals surface area contributed by atoms with Gasteiger partial charge < -0.3 is 15.7 Å². The molecule has 160 valence electrons. The minimum atomic E-state index is -0.606. The number of hydrogen-bond donors (Lipinski definition) is 3. The molecule has 1 atom stereocenters. The molecule has 31 heavy (non-hydrogen) atoms. The molecule has 0 aliphatic heterocycles. The number of nitrogens with zero attached hydrogens (tertiary/aromatic N) is 1. The van der Waals surface area contributed by atoms with E-state index in [1.54, 1.807) is 48.5 Å². The number of aromatic nitrogens is 1. The molecule has 2 aromatic carbocycles. The molecule has 0 radical (unpaired) electrons. The fourth-order valence-electron chi connectivity index (χ4n) is 2.86. The van der Waals surface area contributed by atoms with Crippen molar-refractivity contribution >= 4 is 46.5 Å². The van der Waals surface area contributed by atoms with Crippen LogP contribution in [0.2, 0.25) is 10.0 Å². The van der Waals surface area contributed by atoms with Crippen LogP contribution in [0.4, 0.5) is 11.5 Å². The highest BCUT2D eigenvalue weighted by Gasteiger charge is 2.17. The quantitative estimate of drug-likeness (QED) is 0.450. The molecule has 1 heterocycles. The zero-order valence-corrected chi connectivity index (χ0v) is 18.4. The number of carbonyl (C=O) groups excluding carboxylic acids is 2. The van der Waals surface area contributed by atoms with Gasteiger partial charge in [-0.3, -0.25) is 9.59 Å². The lowest BCUT2D eigenvalue weighted by Gasteiger charge is -2.15. The van der Waals surface area contributed by atoms with Crippen molar-refractivity contribution < 1.29 is 14.7 Å². The summed E-state index contributed by atoms with van der Waals surface area (Å²) < 4.78 is 0. The Balaban J connectivity index is 1.79. The molecule has 0 fully saturated rings. The summed E-state index contributed by atoms with van der Waals surface area (Å²) in [7, 11) is 0. The Kier molecular flexibility index (Phi) is 7.28. The molecule has 3 rings (SSSR count). The van der Waals surface area contributed by atoms with Crippen molar-refractivity contribution in [3.63, 3.8) is 0 Å². The van der Waals surface area contributed by atoms with Crippen LogP contribution in [-0.4, -0.2) is 21.9 Å². The van der Waals surface area contributed by atoms with E-state index in [0.29, 0.717) is 27.1 Å². The molecule has 0 aliphatic carbocycles. The van der Waals surface area contributed by atoms with E-state index in [0.717, 1.165) is 5.56 Å². The minimum absolute atomic E-state index is 0.0601. The van der Waals surface area contributed by atoms with Crippen LogP contribution in [0.3, 0.4) is 0 Å². The van der Waals surface area contributed by atoms with Gasteiger partial charge in [-0.25, -0.2) is 4.98 Å². The Labute approximate surface area is 190 Å². The lowest BCUT2D eigenvalue weighted by atomic mass is 9.98. The summed E-state index contributed by atoms with van der Waals surface area (Å²) in [4.78, 5) is 29.5. The molecule has 0 saturated heterocycles. The Hall–Kier alpha value is -2.93. The maximum absolute atomic E-state index is 12.8. The maximum atomic E-state index is 12.8. The number of anilines is 2. The van der Waals surface area contributed by atoms with Gasteiger partial charge in [0.05, 0.1) is 22.4 Å². The summed E-state index contributed by atoms with van der Waals surface area (Å²) in [6.45, 7) is 3.83. The van der Waals surface area contributed by atoms with E-state index in [1.807, 2.05) is 13.8 Å². The van der Waals surface area contributed by atoms with Crippen LogP contribution >= 0.6 is 23.2 Å². The SMILES string of the molecule is CC(C)C(O)c1ccc(C(=O)Nc2ccc(Cl)cc2C(=O)Nc2ccc(Cl)cn2)cc1. The lowest BCUT2D eigenvalue weighted by Crippen LogP contribution is -2.19. The maximum Gasteiger partial charge on any atom is 0.258 e. The summed E-state index contributed by atoms with van der Waals surface area (Å²) in [5, 5.41) is 16.3. The number of aliphatic hydroxyl groups is 1. The standard InChI is InChI=1S/C23H21Cl2N3O3/c1-13(2)21(29)14-3-5-15(6-4-14)22(30)27-19-9-7-16(24)11-18(19)23(31)28-20-10-8-17(25)12-26-20/h3-13,21,29H,1-2H3,(H,27,30)(H,26,28,31). The minimum Gasteiger partial charge on any atom is -0.388 e. The third-order valence-electron chi connectivity index (χ3n) is 4.59. The first kappa shape index (κ1) is 22.7. The predicted molar refractivity (Wildman–Crippen MR) is 123 cm³/mol. The smallest absolute Gasteiger partial charge is 0.258 e. The fourth-order valence-corrected chi connectivity index (χ4v) is 3.14. The molecule has 0 bridgehead atoms. The van der Waals surface area contributed by atoms with Crippen molar-refractivity contribution in [3.8, 4) is 0 Å². The van der Waals surface area contributed by atoms with Crippen LogP contribution < -0.4 is 10.6 Å². The molecule has 3 N–H and O–H groups in total. The number of hydrogen-bond acceptors (Lipinski definition) is 4. The number of carbonyl (C=O) groups is 2. The van der Waals surface area contributed by atoms with Gasteiger partial charge in [-0.05, 0) is 53.9 Å². The number of amides is 2. The first-order valence-corrected chi connectivity index (χ1v) is 10.3. The van der Waals surface area contributed by atoms with Crippen molar-refractivity contribution in [2.75, 3.05) is 10.6 Å². The van der Waals surface area contributed by atoms with Crippen LogP contribution in [0.15, 0.2) is 60.8 Å². The molecule has 0 aliphatic rings. The molecule has 3 aromatic rings. The Bertz CT molecular complexity index is 1080. The summed E-state index contributed by atoms with van der Waals surface area (Å²) in [5.74, 6) is -0.509. The normalized spacial score (nSPS) is 11.8. The summed E-state index contributed by atoms with van der Waals surface area (Å²) in [5.41, 5.74) is 1.60. The van der Waals surface area contributed by atoms with E-state index in [2.05, 4.69) is 15.6 Å². The summed E-state index contributed by atoms with van der Waals surface area (Å²) in [6, 6.07) is 14.4. The highest BCUT2D eigenvalue weighted by molar-refractivity contribution is 6.31. The van der Waals surface area contributed by atoms with Gasteiger partial charge >= 0.3 is 0 Å². The zero-order valence-electron chi connectivity index (χ0n) is 16.9. The fraction of sp³-hybridized carbons (Fsp3) is 0.174. The topological polar surface area (TPSA) is 91.3 Å². The second kappa shape index (κ2) is 9.92. The highest BCUT2D eigenvalue weighted by Crippen LogP contribution is 2.24. The van der Waals surface area contributed by atoms with E-state index in [9.17, 15) is 14.7 Å².